The van der Waals surface area contributed by atoms with Gasteiger partial charge in [-0.25, -0.2) is 4.79 Å². The van der Waals surface area contributed by atoms with Crippen molar-refractivity contribution in [3.8, 4) is 0 Å². The Balaban J connectivity index is 1.84. The number of amides is 2. The minimum atomic E-state index is -0.794. The maximum absolute atomic E-state index is 12.2. The van der Waals surface area contributed by atoms with Crippen LogP contribution in [-0.2, 0) is 4.79 Å². The van der Waals surface area contributed by atoms with Gasteiger partial charge in [0.05, 0.1) is 5.92 Å². The number of carboxylic acid groups (broad SMARTS) is 1. The molecular weight excluding hydrogens is 268 g/mol. The van der Waals surface area contributed by atoms with Crippen LogP contribution in [0, 0.1) is 17.3 Å². The number of urea groups is 1. The molecule has 1 unspecified atom stereocenters. The second-order valence-corrected chi connectivity index (χ2v) is 7.23. The molecule has 1 heterocycles. The molecule has 2 amide bonds. The van der Waals surface area contributed by atoms with E-state index in [1.165, 1.54) is 25.7 Å². The third-order valence-corrected chi connectivity index (χ3v) is 4.94. The van der Waals surface area contributed by atoms with Crippen LogP contribution in [0.15, 0.2) is 0 Å². The van der Waals surface area contributed by atoms with E-state index in [2.05, 4.69) is 19.2 Å². The lowest BCUT2D eigenvalue weighted by Gasteiger charge is -2.32. The molecule has 0 bridgehead atoms. The minimum absolute atomic E-state index is 0.0891. The van der Waals surface area contributed by atoms with Gasteiger partial charge in [-0.2, -0.15) is 0 Å². The average molecular weight is 296 g/mol. The predicted octanol–water partition coefficient (Wildman–Crippen LogP) is 2.71. The molecule has 120 valence electrons. The van der Waals surface area contributed by atoms with E-state index in [0.29, 0.717) is 25.4 Å². The Labute approximate surface area is 127 Å². The molecule has 5 heteroatoms. The van der Waals surface area contributed by atoms with E-state index in [0.717, 1.165) is 13.0 Å². The number of carbonyl (C=O) groups is 2. The zero-order valence-electron chi connectivity index (χ0n) is 13.2. The van der Waals surface area contributed by atoms with Crippen molar-refractivity contribution in [2.75, 3.05) is 19.6 Å². The van der Waals surface area contributed by atoms with Crippen molar-refractivity contribution >= 4 is 12.0 Å². The standard InChI is InChI=1S/C16H28N2O3/c1-12(2)9-16(6-3-4-7-16)11-17-15(21)18-8-5-13(10-18)14(19)20/h12-13H,3-11H2,1-2H3,(H,17,21)(H,19,20). The highest BCUT2D eigenvalue weighted by molar-refractivity contribution is 5.77. The van der Waals surface area contributed by atoms with Crippen molar-refractivity contribution in [2.24, 2.45) is 17.3 Å². The lowest BCUT2D eigenvalue weighted by Crippen LogP contribution is -2.44. The summed E-state index contributed by atoms with van der Waals surface area (Å²) in [6.45, 7) is 6.11. The van der Waals surface area contributed by atoms with Crippen LogP contribution in [0.2, 0.25) is 0 Å². The highest BCUT2D eigenvalue weighted by atomic mass is 16.4. The topological polar surface area (TPSA) is 69.6 Å². The van der Waals surface area contributed by atoms with Gasteiger partial charge in [0.25, 0.3) is 0 Å². The summed E-state index contributed by atoms with van der Waals surface area (Å²) in [4.78, 5) is 24.8. The van der Waals surface area contributed by atoms with Crippen LogP contribution in [0.5, 0.6) is 0 Å². The summed E-state index contributed by atoms with van der Waals surface area (Å²) in [5.41, 5.74) is 0.260. The molecule has 0 aromatic heterocycles. The number of carboxylic acids is 1. The van der Waals surface area contributed by atoms with Gasteiger partial charge in [-0.3, -0.25) is 4.79 Å². The van der Waals surface area contributed by atoms with Gasteiger partial charge in [0, 0.05) is 19.6 Å². The SMILES string of the molecule is CC(C)CC1(CNC(=O)N2CCC(C(=O)O)C2)CCCC1. The quantitative estimate of drug-likeness (QED) is 0.819. The number of rotatable bonds is 5. The number of nitrogens with one attached hydrogen (secondary N) is 1. The van der Waals surface area contributed by atoms with Crippen LogP contribution in [0.1, 0.15) is 52.4 Å². The normalized spacial score (nSPS) is 24.5. The van der Waals surface area contributed by atoms with Crippen molar-refractivity contribution < 1.29 is 14.7 Å². The third kappa shape index (κ3) is 4.11. The summed E-state index contributed by atoms with van der Waals surface area (Å²) in [6, 6.07) is -0.0891. The number of carbonyl (C=O) groups excluding carboxylic acids is 1. The summed E-state index contributed by atoms with van der Waals surface area (Å²) in [5, 5.41) is 12.1. The summed E-state index contributed by atoms with van der Waals surface area (Å²) in [6.07, 6.45) is 6.64. The van der Waals surface area contributed by atoms with Crippen molar-refractivity contribution in [1.82, 2.24) is 10.2 Å². The smallest absolute Gasteiger partial charge is 0.317 e. The predicted molar refractivity (Wildman–Crippen MR) is 81.1 cm³/mol. The third-order valence-electron chi connectivity index (χ3n) is 4.94. The van der Waals surface area contributed by atoms with Gasteiger partial charge >= 0.3 is 12.0 Å². The van der Waals surface area contributed by atoms with Crippen LogP contribution in [-0.4, -0.2) is 41.6 Å². The van der Waals surface area contributed by atoms with Gasteiger partial charge in [0.15, 0.2) is 0 Å². The fraction of sp³-hybridized carbons (Fsp3) is 0.875. The van der Waals surface area contributed by atoms with E-state index in [1.807, 2.05) is 0 Å². The molecule has 0 aromatic carbocycles. The Bertz CT molecular complexity index is 389. The molecule has 1 atom stereocenters. The molecule has 2 aliphatic rings. The molecule has 1 saturated carbocycles. The van der Waals surface area contributed by atoms with Crippen molar-refractivity contribution in [3.05, 3.63) is 0 Å². The summed E-state index contributed by atoms with van der Waals surface area (Å²) in [7, 11) is 0. The maximum atomic E-state index is 12.2. The van der Waals surface area contributed by atoms with Crippen LogP contribution in [0.3, 0.4) is 0 Å². The zero-order valence-corrected chi connectivity index (χ0v) is 13.2. The van der Waals surface area contributed by atoms with E-state index in [-0.39, 0.29) is 11.4 Å². The number of aliphatic carboxylic acids is 1. The first-order valence-electron chi connectivity index (χ1n) is 8.17. The Hall–Kier alpha value is -1.26. The lowest BCUT2D eigenvalue weighted by atomic mass is 9.78. The summed E-state index contributed by atoms with van der Waals surface area (Å²) >= 11 is 0. The lowest BCUT2D eigenvalue weighted by molar-refractivity contribution is -0.141. The Morgan fingerprint density at radius 2 is 2.00 bits per heavy atom. The first kappa shape index (κ1) is 16.1. The fourth-order valence-corrected chi connectivity index (χ4v) is 3.97. The highest BCUT2D eigenvalue weighted by Gasteiger charge is 2.36. The second-order valence-electron chi connectivity index (χ2n) is 7.23. The Kier molecular flexibility index (Phi) is 5.12. The Morgan fingerprint density at radius 3 is 2.52 bits per heavy atom. The van der Waals surface area contributed by atoms with Crippen molar-refractivity contribution in [2.45, 2.75) is 52.4 Å². The number of hydrogen-bond acceptors (Lipinski definition) is 2. The average Bonchev–Trinajstić information content (AvgIpc) is 3.04. The minimum Gasteiger partial charge on any atom is -0.481 e. The summed E-state index contributed by atoms with van der Waals surface area (Å²) in [5.74, 6) is -0.549. The van der Waals surface area contributed by atoms with E-state index < -0.39 is 11.9 Å². The van der Waals surface area contributed by atoms with Gasteiger partial charge in [-0.1, -0.05) is 26.7 Å². The zero-order chi connectivity index (χ0) is 15.5. The van der Waals surface area contributed by atoms with Crippen LogP contribution in [0.25, 0.3) is 0 Å². The van der Waals surface area contributed by atoms with Gasteiger partial charge in [0.1, 0.15) is 0 Å². The van der Waals surface area contributed by atoms with Gasteiger partial charge in [0.2, 0.25) is 0 Å². The van der Waals surface area contributed by atoms with Gasteiger partial charge in [-0.15, -0.1) is 0 Å². The number of hydrogen-bond donors (Lipinski definition) is 2. The molecule has 2 fully saturated rings. The molecule has 1 aliphatic heterocycles. The second kappa shape index (κ2) is 6.67. The van der Waals surface area contributed by atoms with E-state index in [4.69, 9.17) is 5.11 Å². The molecule has 2 rings (SSSR count). The highest BCUT2D eigenvalue weighted by Crippen LogP contribution is 2.42. The molecule has 2 N–H and O–H groups in total. The molecule has 1 aliphatic carbocycles. The molecule has 0 spiro atoms. The first-order chi connectivity index (χ1) is 9.92. The monoisotopic (exact) mass is 296 g/mol. The molecule has 0 aromatic rings. The first-order valence-corrected chi connectivity index (χ1v) is 8.17. The van der Waals surface area contributed by atoms with Gasteiger partial charge in [-0.05, 0) is 37.0 Å². The number of nitrogens with zero attached hydrogens (tertiary/aromatic N) is 1. The van der Waals surface area contributed by atoms with E-state index in [9.17, 15) is 9.59 Å². The maximum Gasteiger partial charge on any atom is 0.317 e. The van der Waals surface area contributed by atoms with Crippen LogP contribution in [0.4, 0.5) is 4.79 Å². The number of likely N-dealkylation sites (tertiary alicyclic amines) is 1. The fourth-order valence-electron chi connectivity index (χ4n) is 3.97. The molecule has 1 saturated heterocycles. The molecule has 21 heavy (non-hydrogen) atoms. The largest absolute Gasteiger partial charge is 0.481 e. The van der Waals surface area contributed by atoms with E-state index >= 15 is 0 Å². The van der Waals surface area contributed by atoms with Gasteiger partial charge < -0.3 is 15.3 Å². The van der Waals surface area contributed by atoms with Crippen LogP contribution < -0.4 is 5.32 Å². The summed E-state index contributed by atoms with van der Waals surface area (Å²) < 4.78 is 0. The molecular formula is C16H28N2O3. The van der Waals surface area contributed by atoms with Crippen molar-refractivity contribution in [1.29, 1.82) is 0 Å². The molecule has 5 nitrogen and oxygen atoms in total. The Morgan fingerprint density at radius 1 is 1.33 bits per heavy atom. The van der Waals surface area contributed by atoms with Crippen molar-refractivity contribution in [3.63, 3.8) is 0 Å². The molecule has 0 radical (unpaired) electrons. The van der Waals surface area contributed by atoms with Crippen LogP contribution >= 0.6 is 0 Å². The van der Waals surface area contributed by atoms with E-state index in [1.54, 1.807) is 4.90 Å².